The van der Waals surface area contributed by atoms with E-state index < -0.39 is 0 Å². The summed E-state index contributed by atoms with van der Waals surface area (Å²) in [6, 6.07) is 1.79. The van der Waals surface area contributed by atoms with Gasteiger partial charge in [-0.15, -0.1) is 0 Å². The minimum atomic E-state index is -0.105. The smallest absolute Gasteiger partial charge is 0.221 e. The van der Waals surface area contributed by atoms with E-state index in [0.717, 1.165) is 5.56 Å². The highest BCUT2D eigenvalue weighted by molar-refractivity contribution is 5.90. The zero-order chi connectivity index (χ0) is 8.97. The Labute approximate surface area is 71.1 Å². The van der Waals surface area contributed by atoms with Gasteiger partial charge >= 0.3 is 0 Å². The predicted molar refractivity (Wildman–Crippen MR) is 48.6 cm³/mol. The number of anilines is 1. The molecule has 12 heavy (non-hydrogen) atoms. The minimum Gasteiger partial charge on any atom is -0.324 e. The lowest BCUT2D eigenvalue weighted by Crippen LogP contribution is -2.07. The maximum Gasteiger partial charge on any atom is 0.221 e. The highest BCUT2D eigenvalue weighted by Crippen LogP contribution is 2.13. The van der Waals surface area contributed by atoms with Crippen LogP contribution < -0.4 is 5.32 Å². The van der Waals surface area contributed by atoms with Gasteiger partial charge in [0.2, 0.25) is 5.91 Å². The highest BCUT2D eigenvalue weighted by atomic mass is 16.1. The fourth-order valence-electron chi connectivity index (χ4n) is 0.877. The van der Waals surface area contributed by atoms with Gasteiger partial charge in [0.15, 0.2) is 0 Å². The molecule has 0 unspecified atom stereocenters. The van der Waals surface area contributed by atoms with Gasteiger partial charge in [-0.1, -0.05) is 12.7 Å². The van der Waals surface area contributed by atoms with Crippen molar-refractivity contribution in [3.8, 4) is 0 Å². The first kappa shape index (κ1) is 8.46. The van der Waals surface area contributed by atoms with Crippen LogP contribution in [0.2, 0.25) is 0 Å². The van der Waals surface area contributed by atoms with Crippen LogP contribution in [0.5, 0.6) is 0 Å². The average molecular weight is 162 g/mol. The third kappa shape index (κ3) is 1.92. The van der Waals surface area contributed by atoms with Crippen LogP contribution in [0.4, 0.5) is 5.69 Å². The first-order chi connectivity index (χ1) is 5.74. The second-order valence-corrected chi connectivity index (χ2v) is 2.35. The van der Waals surface area contributed by atoms with Crippen LogP contribution in [0, 0.1) is 0 Å². The lowest BCUT2D eigenvalue weighted by molar-refractivity contribution is -0.114. The third-order valence-corrected chi connectivity index (χ3v) is 1.39. The molecule has 3 heteroatoms. The van der Waals surface area contributed by atoms with E-state index in [1.807, 2.05) is 0 Å². The van der Waals surface area contributed by atoms with Gasteiger partial charge in [-0.3, -0.25) is 9.78 Å². The van der Waals surface area contributed by atoms with E-state index in [-0.39, 0.29) is 5.91 Å². The summed E-state index contributed by atoms with van der Waals surface area (Å²) in [6.45, 7) is 5.08. The molecular formula is C9H10N2O. The molecule has 1 rings (SSSR count). The van der Waals surface area contributed by atoms with Crippen molar-refractivity contribution in [3.05, 3.63) is 30.6 Å². The molecule has 0 bridgehead atoms. The van der Waals surface area contributed by atoms with Crippen LogP contribution in [0.1, 0.15) is 12.5 Å². The number of rotatable bonds is 2. The Kier molecular flexibility index (Phi) is 2.58. The Morgan fingerprint density at radius 2 is 2.50 bits per heavy atom. The number of amides is 1. The van der Waals surface area contributed by atoms with Gasteiger partial charge in [0, 0.05) is 18.7 Å². The van der Waals surface area contributed by atoms with E-state index in [4.69, 9.17) is 0 Å². The van der Waals surface area contributed by atoms with Crippen molar-refractivity contribution in [1.82, 2.24) is 4.98 Å². The van der Waals surface area contributed by atoms with Gasteiger partial charge in [-0.05, 0) is 6.07 Å². The summed E-state index contributed by atoms with van der Waals surface area (Å²) in [6.07, 6.45) is 4.92. The molecule has 0 spiro atoms. The quantitative estimate of drug-likeness (QED) is 0.718. The molecule has 0 atom stereocenters. The Hall–Kier alpha value is -1.64. The number of pyridine rings is 1. The molecule has 0 saturated heterocycles. The molecule has 3 nitrogen and oxygen atoms in total. The summed E-state index contributed by atoms with van der Waals surface area (Å²) in [5.41, 5.74) is 1.57. The van der Waals surface area contributed by atoms with Crippen LogP contribution in [0.25, 0.3) is 6.08 Å². The maximum absolute atomic E-state index is 10.7. The van der Waals surface area contributed by atoms with Gasteiger partial charge < -0.3 is 5.32 Å². The number of carbonyl (C=O) groups excluding carboxylic acids is 1. The molecule has 0 aliphatic heterocycles. The largest absolute Gasteiger partial charge is 0.324 e. The average Bonchev–Trinajstić information content (AvgIpc) is 2.04. The zero-order valence-corrected chi connectivity index (χ0v) is 6.87. The molecule has 0 saturated carbocycles. The summed E-state index contributed by atoms with van der Waals surface area (Å²) in [7, 11) is 0. The number of carbonyl (C=O) groups is 1. The lowest BCUT2D eigenvalue weighted by Gasteiger charge is -2.03. The molecule has 1 N–H and O–H groups in total. The molecule has 1 amide bonds. The molecule has 0 fully saturated rings. The molecule has 1 heterocycles. The molecule has 1 aromatic rings. The summed E-state index contributed by atoms with van der Waals surface area (Å²) >= 11 is 0. The monoisotopic (exact) mass is 162 g/mol. The molecule has 0 aromatic carbocycles. The Morgan fingerprint density at radius 3 is 3.08 bits per heavy atom. The fraction of sp³-hybridized carbons (Fsp3) is 0.111. The summed E-state index contributed by atoms with van der Waals surface area (Å²) in [4.78, 5) is 14.6. The zero-order valence-electron chi connectivity index (χ0n) is 6.87. The van der Waals surface area contributed by atoms with Gasteiger partial charge in [0.25, 0.3) is 0 Å². The maximum atomic E-state index is 10.7. The van der Waals surface area contributed by atoms with Crippen LogP contribution in [-0.2, 0) is 4.79 Å². The molecule has 0 aliphatic carbocycles. The van der Waals surface area contributed by atoms with Crippen LogP contribution >= 0.6 is 0 Å². The SMILES string of the molecule is C=Cc1ccncc1NC(C)=O. The van der Waals surface area contributed by atoms with Gasteiger partial charge in [-0.2, -0.15) is 0 Å². The number of nitrogens with one attached hydrogen (secondary N) is 1. The standard InChI is InChI=1S/C9H10N2O/c1-3-8-4-5-10-6-9(8)11-7(2)12/h3-6H,1H2,2H3,(H,11,12). The van der Waals surface area contributed by atoms with Crippen LogP contribution in [0.15, 0.2) is 25.0 Å². The van der Waals surface area contributed by atoms with Crippen LogP contribution in [0.3, 0.4) is 0 Å². The number of nitrogens with zero attached hydrogens (tertiary/aromatic N) is 1. The number of aromatic nitrogens is 1. The van der Waals surface area contributed by atoms with Crippen molar-refractivity contribution in [2.24, 2.45) is 0 Å². The second-order valence-electron chi connectivity index (χ2n) is 2.35. The topological polar surface area (TPSA) is 42.0 Å². The molecule has 0 radical (unpaired) electrons. The van der Waals surface area contributed by atoms with Crippen molar-refractivity contribution in [1.29, 1.82) is 0 Å². The van der Waals surface area contributed by atoms with E-state index in [9.17, 15) is 4.79 Å². The minimum absolute atomic E-state index is 0.105. The normalized spacial score (nSPS) is 9.08. The van der Waals surface area contributed by atoms with Crippen molar-refractivity contribution < 1.29 is 4.79 Å². The first-order valence-electron chi connectivity index (χ1n) is 3.58. The van der Waals surface area contributed by atoms with Crippen LogP contribution in [-0.4, -0.2) is 10.9 Å². The Bertz CT molecular complexity index is 307. The summed E-state index contributed by atoms with van der Waals surface area (Å²) in [5.74, 6) is -0.105. The molecule has 0 aliphatic rings. The number of hydrogen-bond acceptors (Lipinski definition) is 2. The van der Waals surface area contributed by atoms with E-state index >= 15 is 0 Å². The molecule has 1 aromatic heterocycles. The van der Waals surface area contributed by atoms with E-state index in [2.05, 4.69) is 16.9 Å². The Morgan fingerprint density at radius 1 is 1.75 bits per heavy atom. The van der Waals surface area contributed by atoms with Crippen molar-refractivity contribution in [2.45, 2.75) is 6.92 Å². The fourth-order valence-corrected chi connectivity index (χ4v) is 0.877. The van der Waals surface area contributed by atoms with E-state index in [1.165, 1.54) is 6.92 Å². The van der Waals surface area contributed by atoms with Crippen molar-refractivity contribution in [2.75, 3.05) is 5.32 Å². The predicted octanol–water partition coefficient (Wildman–Crippen LogP) is 1.68. The second kappa shape index (κ2) is 3.67. The number of hydrogen-bond donors (Lipinski definition) is 1. The van der Waals surface area contributed by atoms with Gasteiger partial charge in [0.1, 0.15) is 0 Å². The van der Waals surface area contributed by atoms with Gasteiger partial charge in [0.05, 0.1) is 11.9 Å². The molecule has 62 valence electrons. The van der Waals surface area contributed by atoms with Gasteiger partial charge in [-0.25, -0.2) is 0 Å². The third-order valence-electron chi connectivity index (χ3n) is 1.39. The lowest BCUT2D eigenvalue weighted by atomic mass is 10.2. The summed E-state index contributed by atoms with van der Waals surface area (Å²) in [5, 5.41) is 2.65. The molecular weight excluding hydrogens is 152 g/mol. The first-order valence-corrected chi connectivity index (χ1v) is 3.58. The highest BCUT2D eigenvalue weighted by Gasteiger charge is 1.98. The van der Waals surface area contributed by atoms with E-state index in [1.54, 1.807) is 24.5 Å². The van der Waals surface area contributed by atoms with Crippen molar-refractivity contribution in [3.63, 3.8) is 0 Å². The van der Waals surface area contributed by atoms with Crippen molar-refractivity contribution >= 4 is 17.7 Å². The summed E-state index contributed by atoms with van der Waals surface area (Å²) < 4.78 is 0. The van der Waals surface area contributed by atoms with E-state index in [0.29, 0.717) is 5.69 Å². The Balaban J connectivity index is 2.96.